The third-order valence-corrected chi connectivity index (χ3v) is 3.72. The quantitative estimate of drug-likeness (QED) is 0.734. The Morgan fingerprint density at radius 2 is 2.24 bits per heavy atom. The number of nitrogens with zero attached hydrogens (tertiary/aromatic N) is 1. The fourth-order valence-electron chi connectivity index (χ4n) is 1.89. The fraction of sp³-hybridized carbons (Fsp3) is 0.154. The largest absolute Gasteiger partial charge is 0.377 e. The van der Waals surface area contributed by atoms with Gasteiger partial charge in [0.05, 0.1) is 11.7 Å². The summed E-state index contributed by atoms with van der Waals surface area (Å²) in [6.07, 6.45) is 1.77. The van der Waals surface area contributed by atoms with Crippen molar-refractivity contribution >= 4 is 27.1 Å². The Bertz CT molecular complexity index is 612. The summed E-state index contributed by atoms with van der Waals surface area (Å²) >= 11 is 1.77. The smallest absolute Gasteiger partial charge is 0.0651 e. The number of rotatable bonds is 3. The highest BCUT2D eigenvalue weighted by Gasteiger charge is 2.06. The Morgan fingerprint density at radius 1 is 1.29 bits per heavy atom. The van der Waals surface area contributed by atoms with E-state index in [1.807, 2.05) is 6.07 Å². The van der Waals surface area contributed by atoms with E-state index in [0.29, 0.717) is 0 Å². The lowest BCUT2D eigenvalue weighted by atomic mass is 10.2. The van der Waals surface area contributed by atoms with E-state index in [1.165, 1.54) is 10.1 Å². The standard InChI is InChI=1S/C13H13N3S/c1-9(12-4-6-14-16-12)15-11-2-3-13-10(8-11)5-7-17-13/h2-9,15H,1H3,(H,14,16). The molecule has 1 aromatic carbocycles. The number of aromatic nitrogens is 2. The van der Waals surface area contributed by atoms with E-state index in [2.05, 4.69) is 52.1 Å². The molecule has 0 spiro atoms. The van der Waals surface area contributed by atoms with Gasteiger partial charge in [-0.05, 0) is 48.0 Å². The molecule has 0 aliphatic heterocycles. The van der Waals surface area contributed by atoms with Gasteiger partial charge in [-0.1, -0.05) is 0 Å². The Balaban J connectivity index is 1.84. The van der Waals surface area contributed by atoms with Crippen LogP contribution in [-0.2, 0) is 0 Å². The molecule has 0 saturated carbocycles. The Hall–Kier alpha value is -1.81. The molecule has 0 aliphatic carbocycles. The van der Waals surface area contributed by atoms with Gasteiger partial charge >= 0.3 is 0 Å². The number of nitrogens with one attached hydrogen (secondary N) is 2. The van der Waals surface area contributed by atoms with Crippen LogP contribution < -0.4 is 5.32 Å². The molecule has 3 rings (SSSR count). The fourth-order valence-corrected chi connectivity index (χ4v) is 2.66. The van der Waals surface area contributed by atoms with Crippen LogP contribution in [0.25, 0.3) is 10.1 Å². The van der Waals surface area contributed by atoms with Crippen LogP contribution in [0.15, 0.2) is 41.9 Å². The highest BCUT2D eigenvalue weighted by atomic mass is 32.1. The third-order valence-electron chi connectivity index (χ3n) is 2.82. The lowest BCUT2D eigenvalue weighted by Crippen LogP contribution is -2.06. The van der Waals surface area contributed by atoms with E-state index >= 15 is 0 Å². The molecule has 0 radical (unpaired) electrons. The molecule has 3 nitrogen and oxygen atoms in total. The molecule has 4 heteroatoms. The first-order valence-electron chi connectivity index (χ1n) is 5.56. The van der Waals surface area contributed by atoms with Gasteiger partial charge in [-0.15, -0.1) is 11.3 Å². The van der Waals surface area contributed by atoms with Crippen molar-refractivity contribution in [1.82, 2.24) is 10.2 Å². The Kier molecular flexibility index (Phi) is 2.57. The van der Waals surface area contributed by atoms with Crippen LogP contribution in [0, 0.1) is 0 Å². The SMILES string of the molecule is CC(Nc1ccc2sccc2c1)c1ccn[nH]1. The van der Waals surface area contributed by atoms with E-state index in [4.69, 9.17) is 0 Å². The molecule has 17 heavy (non-hydrogen) atoms. The molecule has 86 valence electrons. The van der Waals surface area contributed by atoms with Crippen LogP contribution in [0.5, 0.6) is 0 Å². The van der Waals surface area contributed by atoms with Crippen LogP contribution in [-0.4, -0.2) is 10.2 Å². The second-order valence-corrected chi connectivity index (χ2v) is 5.00. The minimum atomic E-state index is 0.230. The third kappa shape index (κ3) is 2.03. The average molecular weight is 243 g/mol. The normalized spacial score (nSPS) is 12.8. The molecule has 3 aromatic rings. The molecule has 0 aliphatic rings. The molecular formula is C13H13N3S. The zero-order chi connectivity index (χ0) is 11.7. The minimum Gasteiger partial charge on any atom is -0.377 e. The summed E-state index contributed by atoms with van der Waals surface area (Å²) in [6, 6.07) is 10.8. The van der Waals surface area contributed by atoms with Crippen molar-refractivity contribution in [2.24, 2.45) is 0 Å². The van der Waals surface area contributed by atoms with E-state index in [9.17, 15) is 0 Å². The maximum Gasteiger partial charge on any atom is 0.0651 e. The molecule has 0 bridgehead atoms. The van der Waals surface area contributed by atoms with Crippen molar-refractivity contribution in [3.8, 4) is 0 Å². The molecule has 0 saturated heterocycles. The second kappa shape index (κ2) is 4.22. The summed E-state index contributed by atoms with van der Waals surface area (Å²) in [4.78, 5) is 0. The summed E-state index contributed by atoms with van der Waals surface area (Å²) in [6.45, 7) is 2.12. The van der Waals surface area contributed by atoms with Gasteiger partial charge in [0.15, 0.2) is 0 Å². The van der Waals surface area contributed by atoms with Gasteiger partial charge in [0.2, 0.25) is 0 Å². The summed E-state index contributed by atoms with van der Waals surface area (Å²) in [5.74, 6) is 0. The minimum absolute atomic E-state index is 0.230. The Morgan fingerprint density at radius 3 is 3.06 bits per heavy atom. The summed E-state index contributed by atoms with van der Waals surface area (Å²) in [5.41, 5.74) is 2.23. The van der Waals surface area contributed by atoms with Crippen molar-refractivity contribution < 1.29 is 0 Å². The van der Waals surface area contributed by atoms with E-state index < -0.39 is 0 Å². The molecule has 1 unspecified atom stereocenters. The highest BCUT2D eigenvalue weighted by molar-refractivity contribution is 7.17. The van der Waals surface area contributed by atoms with Gasteiger partial charge in [-0.25, -0.2) is 0 Å². The topological polar surface area (TPSA) is 40.7 Å². The summed E-state index contributed by atoms with van der Waals surface area (Å²) < 4.78 is 1.32. The van der Waals surface area contributed by atoms with Gasteiger partial charge in [-0.3, -0.25) is 5.10 Å². The predicted octanol–water partition coefficient (Wildman–Crippen LogP) is 3.80. The zero-order valence-corrected chi connectivity index (χ0v) is 10.3. The lowest BCUT2D eigenvalue weighted by molar-refractivity contribution is 0.826. The molecule has 2 N–H and O–H groups in total. The zero-order valence-electron chi connectivity index (χ0n) is 9.47. The number of benzene rings is 1. The number of H-pyrrole nitrogens is 1. The van der Waals surface area contributed by atoms with Gasteiger partial charge in [0.25, 0.3) is 0 Å². The molecule has 1 atom stereocenters. The van der Waals surface area contributed by atoms with Crippen LogP contribution >= 0.6 is 11.3 Å². The number of aromatic amines is 1. The number of fused-ring (bicyclic) bond motifs is 1. The number of hydrogen-bond donors (Lipinski definition) is 2. The van der Waals surface area contributed by atoms with Gasteiger partial charge in [-0.2, -0.15) is 5.10 Å². The lowest BCUT2D eigenvalue weighted by Gasteiger charge is -2.13. The van der Waals surface area contributed by atoms with Gasteiger partial charge in [0, 0.05) is 16.6 Å². The van der Waals surface area contributed by atoms with Crippen LogP contribution in [0.3, 0.4) is 0 Å². The van der Waals surface area contributed by atoms with Crippen molar-refractivity contribution in [1.29, 1.82) is 0 Å². The van der Waals surface area contributed by atoms with E-state index in [0.717, 1.165) is 11.4 Å². The Labute approximate surface area is 103 Å². The molecule has 0 fully saturated rings. The second-order valence-electron chi connectivity index (χ2n) is 4.05. The van der Waals surface area contributed by atoms with E-state index in [-0.39, 0.29) is 6.04 Å². The first kappa shape index (κ1) is 10.4. The van der Waals surface area contributed by atoms with Crippen LogP contribution in [0.4, 0.5) is 5.69 Å². The summed E-state index contributed by atoms with van der Waals surface area (Å²) in [5, 5.41) is 13.8. The van der Waals surface area contributed by atoms with Gasteiger partial charge in [0.1, 0.15) is 0 Å². The molecule has 2 heterocycles. The molecule has 0 amide bonds. The van der Waals surface area contributed by atoms with Crippen molar-refractivity contribution in [2.75, 3.05) is 5.32 Å². The number of hydrogen-bond acceptors (Lipinski definition) is 3. The maximum atomic E-state index is 3.96. The monoisotopic (exact) mass is 243 g/mol. The highest BCUT2D eigenvalue weighted by Crippen LogP contribution is 2.25. The van der Waals surface area contributed by atoms with Crippen molar-refractivity contribution in [2.45, 2.75) is 13.0 Å². The number of anilines is 1. The first-order valence-corrected chi connectivity index (χ1v) is 6.44. The van der Waals surface area contributed by atoms with Gasteiger partial charge < -0.3 is 5.32 Å². The van der Waals surface area contributed by atoms with Crippen molar-refractivity contribution in [3.63, 3.8) is 0 Å². The predicted molar refractivity (Wildman–Crippen MR) is 72.5 cm³/mol. The van der Waals surface area contributed by atoms with Crippen molar-refractivity contribution in [3.05, 3.63) is 47.6 Å². The van der Waals surface area contributed by atoms with Crippen LogP contribution in [0.2, 0.25) is 0 Å². The summed E-state index contributed by atoms with van der Waals surface area (Å²) in [7, 11) is 0. The molecule has 2 aromatic heterocycles. The number of thiophene rings is 1. The molecular weight excluding hydrogens is 230 g/mol. The van der Waals surface area contributed by atoms with E-state index in [1.54, 1.807) is 17.5 Å². The first-order chi connectivity index (χ1) is 8.33. The average Bonchev–Trinajstić information content (AvgIpc) is 2.99. The maximum absolute atomic E-state index is 3.96. The van der Waals surface area contributed by atoms with Crippen LogP contribution in [0.1, 0.15) is 18.7 Å².